The number of Topliss-reactive ketones (excluding diaryl/α,β-unsaturated/α-hetero) is 1. The molecule has 0 aliphatic carbocycles. The molecule has 1 unspecified atom stereocenters. The summed E-state index contributed by atoms with van der Waals surface area (Å²) in [6, 6.07) is 0. The number of aromatic nitrogens is 5. The van der Waals surface area contributed by atoms with E-state index in [1.165, 1.54) is 19.5 Å². The minimum atomic E-state index is -1.21. The van der Waals surface area contributed by atoms with Crippen molar-refractivity contribution in [3.05, 3.63) is 22.5 Å². The van der Waals surface area contributed by atoms with E-state index in [9.17, 15) is 13.8 Å². The maximum absolute atomic E-state index is 11.8. The highest BCUT2D eigenvalue weighted by Gasteiger charge is 2.14. The molecule has 2 aromatic rings. The van der Waals surface area contributed by atoms with Gasteiger partial charge in [-0.3, -0.25) is 9.00 Å². The summed E-state index contributed by atoms with van der Waals surface area (Å²) in [5.74, 6) is -0.340. The summed E-state index contributed by atoms with van der Waals surface area (Å²) in [4.78, 5) is 26.8. The lowest BCUT2D eigenvalue weighted by Gasteiger charge is -2.00. The van der Waals surface area contributed by atoms with Gasteiger partial charge in [-0.25, -0.2) is 14.2 Å². The first-order valence-corrected chi connectivity index (χ1v) is 6.35. The Hall–Kier alpha value is -1.90. The Labute approximate surface area is 97.7 Å². The van der Waals surface area contributed by atoms with Crippen LogP contribution in [0.3, 0.4) is 0 Å². The van der Waals surface area contributed by atoms with Crippen LogP contribution in [-0.4, -0.2) is 40.6 Å². The first-order chi connectivity index (χ1) is 8.00. The zero-order valence-electron chi connectivity index (χ0n) is 9.15. The number of carbonyl (C=O) groups is 1. The van der Waals surface area contributed by atoms with E-state index in [4.69, 9.17) is 0 Å². The highest BCUT2D eigenvalue weighted by molar-refractivity contribution is 7.83. The summed E-state index contributed by atoms with van der Waals surface area (Å²) in [5.41, 5.74) is -0.315. The van der Waals surface area contributed by atoms with Crippen molar-refractivity contribution in [2.45, 2.75) is 12.8 Å². The van der Waals surface area contributed by atoms with E-state index in [1.54, 1.807) is 0 Å². The molecule has 8 nitrogen and oxygen atoms in total. The second-order valence-corrected chi connectivity index (χ2v) is 4.82. The number of hydrogen-bond acceptors (Lipinski definition) is 6. The van der Waals surface area contributed by atoms with Gasteiger partial charge in [0.1, 0.15) is 12.2 Å². The van der Waals surface area contributed by atoms with Gasteiger partial charge >= 0.3 is 5.69 Å². The molecule has 2 heterocycles. The average Bonchev–Trinajstić information content (AvgIpc) is 2.66. The van der Waals surface area contributed by atoms with Gasteiger partial charge in [0.15, 0.2) is 17.1 Å². The van der Waals surface area contributed by atoms with E-state index in [0.29, 0.717) is 0 Å². The second-order valence-electron chi connectivity index (χ2n) is 3.42. The zero-order chi connectivity index (χ0) is 12.6. The highest BCUT2D eigenvalue weighted by Crippen LogP contribution is 2.02. The molecule has 2 aromatic heterocycles. The molecule has 0 N–H and O–H groups in total. The Kier molecular flexibility index (Phi) is 2.84. The summed E-state index contributed by atoms with van der Waals surface area (Å²) >= 11 is 0. The van der Waals surface area contributed by atoms with E-state index >= 15 is 0 Å². The molecule has 0 saturated carbocycles. The maximum atomic E-state index is 11.8. The molecule has 17 heavy (non-hydrogen) atoms. The third-order valence-electron chi connectivity index (χ3n) is 2.05. The normalized spacial score (nSPS) is 12.8. The van der Waals surface area contributed by atoms with Gasteiger partial charge < -0.3 is 0 Å². The number of rotatable bonds is 3. The SMILES string of the molecule is CC(=O)c1ncn2c(=O)n(CS(C)=O)nnc12. The first kappa shape index (κ1) is 11.6. The lowest BCUT2D eigenvalue weighted by atomic mass is 10.3. The van der Waals surface area contributed by atoms with Crippen molar-refractivity contribution in [2.24, 2.45) is 0 Å². The van der Waals surface area contributed by atoms with Gasteiger partial charge in [0, 0.05) is 24.0 Å². The van der Waals surface area contributed by atoms with Gasteiger partial charge in [-0.2, -0.15) is 4.68 Å². The summed E-state index contributed by atoms with van der Waals surface area (Å²) in [7, 11) is -1.21. The molecule has 0 spiro atoms. The standard InChI is InChI=1S/C8H9N5O3S/c1-5(14)6-7-10-11-13(4-17(2)16)8(15)12(7)3-9-6/h3H,4H2,1-2H3. The van der Waals surface area contributed by atoms with E-state index in [0.717, 1.165) is 9.08 Å². The lowest BCUT2D eigenvalue weighted by Crippen LogP contribution is -2.31. The van der Waals surface area contributed by atoms with E-state index in [1.807, 2.05) is 0 Å². The first-order valence-electron chi connectivity index (χ1n) is 4.62. The van der Waals surface area contributed by atoms with Crippen LogP contribution in [0.5, 0.6) is 0 Å². The van der Waals surface area contributed by atoms with Crippen LogP contribution in [0.1, 0.15) is 17.4 Å². The summed E-state index contributed by atoms with van der Waals surface area (Å²) in [6.45, 7) is 1.33. The second kappa shape index (κ2) is 4.17. The largest absolute Gasteiger partial charge is 0.353 e. The molecular formula is C8H9N5O3S. The van der Waals surface area contributed by atoms with Crippen molar-refractivity contribution in [3.63, 3.8) is 0 Å². The smallest absolute Gasteiger partial charge is 0.293 e. The monoisotopic (exact) mass is 255 g/mol. The van der Waals surface area contributed by atoms with Crippen molar-refractivity contribution in [1.29, 1.82) is 0 Å². The fourth-order valence-corrected chi connectivity index (χ4v) is 1.84. The molecule has 2 rings (SSSR count). The third kappa shape index (κ3) is 2.00. The fraction of sp³-hybridized carbons (Fsp3) is 0.375. The van der Waals surface area contributed by atoms with Crippen LogP contribution < -0.4 is 5.69 Å². The van der Waals surface area contributed by atoms with Gasteiger partial charge in [-0.1, -0.05) is 5.21 Å². The van der Waals surface area contributed by atoms with Gasteiger partial charge in [0.05, 0.1) is 0 Å². The number of nitrogens with zero attached hydrogens (tertiary/aromatic N) is 5. The molecule has 0 saturated heterocycles. The minimum Gasteiger partial charge on any atom is -0.293 e. The van der Waals surface area contributed by atoms with Crippen LogP contribution in [0.2, 0.25) is 0 Å². The van der Waals surface area contributed by atoms with Crippen LogP contribution >= 0.6 is 0 Å². The Morgan fingerprint density at radius 3 is 2.82 bits per heavy atom. The maximum Gasteiger partial charge on any atom is 0.353 e. The molecule has 0 aliphatic heterocycles. The van der Waals surface area contributed by atoms with Crippen LogP contribution in [0, 0.1) is 0 Å². The summed E-state index contributed by atoms with van der Waals surface area (Å²) in [5, 5.41) is 7.34. The minimum absolute atomic E-state index is 0.0463. The van der Waals surface area contributed by atoms with E-state index < -0.39 is 16.5 Å². The summed E-state index contributed by atoms with van der Waals surface area (Å²) < 4.78 is 13.1. The van der Waals surface area contributed by atoms with Crippen molar-refractivity contribution in [1.82, 2.24) is 24.4 Å². The molecular weight excluding hydrogens is 246 g/mol. The Balaban J connectivity index is 2.66. The van der Waals surface area contributed by atoms with Gasteiger partial charge in [0.25, 0.3) is 0 Å². The molecule has 0 aliphatic rings. The molecule has 0 aromatic carbocycles. The average molecular weight is 255 g/mol. The number of fused-ring (bicyclic) bond motifs is 1. The number of ketones is 1. The molecule has 9 heteroatoms. The highest BCUT2D eigenvalue weighted by atomic mass is 32.2. The number of carbonyl (C=O) groups excluding carboxylic acids is 1. The lowest BCUT2D eigenvalue weighted by molar-refractivity contribution is 0.101. The molecule has 1 atom stereocenters. The molecule has 0 radical (unpaired) electrons. The topological polar surface area (TPSA) is 99.2 Å². The van der Waals surface area contributed by atoms with Crippen molar-refractivity contribution in [3.8, 4) is 0 Å². The predicted molar refractivity (Wildman–Crippen MR) is 59.1 cm³/mol. The molecule has 0 fully saturated rings. The Morgan fingerprint density at radius 2 is 2.24 bits per heavy atom. The van der Waals surface area contributed by atoms with Crippen molar-refractivity contribution < 1.29 is 9.00 Å². The van der Waals surface area contributed by atoms with E-state index in [2.05, 4.69) is 15.3 Å². The summed E-state index contributed by atoms with van der Waals surface area (Å²) in [6.07, 6.45) is 2.66. The molecule has 0 amide bonds. The van der Waals surface area contributed by atoms with Crippen molar-refractivity contribution >= 4 is 22.2 Å². The number of imidazole rings is 1. The number of hydrogen-bond donors (Lipinski definition) is 0. The van der Waals surface area contributed by atoms with Crippen LogP contribution in [0.15, 0.2) is 11.1 Å². The third-order valence-corrected chi connectivity index (χ3v) is 2.66. The van der Waals surface area contributed by atoms with Crippen LogP contribution in [0.25, 0.3) is 5.65 Å². The van der Waals surface area contributed by atoms with Gasteiger partial charge in [0.2, 0.25) is 0 Å². The van der Waals surface area contributed by atoms with Gasteiger partial charge in [-0.05, 0) is 0 Å². The van der Waals surface area contributed by atoms with Gasteiger partial charge in [-0.15, -0.1) is 5.10 Å². The van der Waals surface area contributed by atoms with Crippen LogP contribution in [0.4, 0.5) is 0 Å². The van der Waals surface area contributed by atoms with Crippen molar-refractivity contribution in [2.75, 3.05) is 6.26 Å². The van der Waals surface area contributed by atoms with Crippen LogP contribution in [-0.2, 0) is 16.7 Å². The Morgan fingerprint density at radius 1 is 1.53 bits per heavy atom. The fourth-order valence-electron chi connectivity index (χ4n) is 1.34. The Bertz CT molecular complexity index is 673. The van der Waals surface area contributed by atoms with E-state index in [-0.39, 0.29) is 23.0 Å². The molecule has 0 bridgehead atoms. The quantitative estimate of drug-likeness (QED) is 0.640. The predicted octanol–water partition coefficient (Wildman–Crippen LogP) is -1.18. The zero-order valence-corrected chi connectivity index (χ0v) is 9.97. The molecule has 90 valence electrons.